The molecular formula is C12H11ClN4O4. The Labute approximate surface area is 124 Å². The standard InChI is InChI=1S/C12H11ClN4O4/c13-9-4-7(5-10(17(19)20)11(9)16-14)12(18)15-6-8-2-1-3-21-8/h1-5,16H,6,14H2,(H,15,18). The molecule has 21 heavy (non-hydrogen) atoms. The zero-order chi connectivity index (χ0) is 15.4. The smallest absolute Gasteiger partial charge is 0.295 e. The van der Waals surface area contributed by atoms with E-state index < -0.39 is 10.8 Å². The van der Waals surface area contributed by atoms with Gasteiger partial charge < -0.3 is 15.2 Å². The summed E-state index contributed by atoms with van der Waals surface area (Å²) >= 11 is 5.88. The van der Waals surface area contributed by atoms with E-state index in [9.17, 15) is 14.9 Å². The van der Waals surface area contributed by atoms with Gasteiger partial charge in [0.25, 0.3) is 11.6 Å². The highest BCUT2D eigenvalue weighted by atomic mass is 35.5. The number of nitro groups is 1. The molecule has 0 spiro atoms. The lowest BCUT2D eigenvalue weighted by molar-refractivity contribution is -0.384. The van der Waals surface area contributed by atoms with Crippen molar-refractivity contribution in [1.29, 1.82) is 0 Å². The third kappa shape index (κ3) is 3.30. The molecule has 2 aromatic rings. The number of amides is 1. The van der Waals surface area contributed by atoms with Crippen molar-refractivity contribution in [3.8, 4) is 0 Å². The number of furan rings is 1. The first kappa shape index (κ1) is 14.8. The first-order chi connectivity index (χ1) is 10.0. The van der Waals surface area contributed by atoms with Crippen LogP contribution in [0.25, 0.3) is 0 Å². The van der Waals surface area contributed by atoms with Crippen LogP contribution < -0.4 is 16.6 Å². The van der Waals surface area contributed by atoms with Gasteiger partial charge in [0.05, 0.1) is 22.8 Å². The summed E-state index contributed by atoms with van der Waals surface area (Å²) in [4.78, 5) is 22.3. The maximum atomic E-state index is 12.0. The molecule has 0 bridgehead atoms. The zero-order valence-corrected chi connectivity index (χ0v) is 11.4. The minimum atomic E-state index is -0.676. The lowest BCUT2D eigenvalue weighted by atomic mass is 10.1. The Hall–Kier alpha value is -2.58. The Morgan fingerprint density at radius 1 is 1.48 bits per heavy atom. The molecule has 1 aromatic heterocycles. The van der Waals surface area contributed by atoms with Crippen molar-refractivity contribution >= 4 is 28.9 Å². The van der Waals surface area contributed by atoms with Crippen molar-refractivity contribution in [2.24, 2.45) is 5.84 Å². The molecule has 0 saturated heterocycles. The molecule has 0 aliphatic carbocycles. The Morgan fingerprint density at radius 3 is 2.81 bits per heavy atom. The second kappa shape index (κ2) is 6.25. The molecule has 0 fully saturated rings. The summed E-state index contributed by atoms with van der Waals surface area (Å²) in [6.45, 7) is 0.161. The molecule has 110 valence electrons. The predicted molar refractivity (Wildman–Crippen MR) is 75.8 cm³/mol. The molecule has 0 aliphatic rings. The molecule has 1 heterocycles. The summed E-state index contributed by atoms with van der Waals surface area (Å²) < 4.78 is 5.07. The number of nitrogen functional groups attached to an aromatic ring is 1. The number of anilines is 1. The van der Waals surface area contributed by atoms with Crippen molar-refractivity contribution in [2.75, 3.05) is 5.43 Å². The first-order valence-electron chi connectivity index (χ1n) is 5.78. The normalized spacial score (nSPS) is 10.2. The van der Waals surface area contributed by atoms with Crippen LogP contribution in [0.2, 0.25) is 5.02 Å². The van der Waals surface area contributed by atoms with Crippen LogP contribution in [0.5, 0.6) is 0 Å². The maximum absolute atomic E-state index is 12.0. The lowest BCUT2D eigenvalue weighted by Crippen LogP contribution is -2.23. The van der Waals surface area contributed by atoms with Crippen molar-refractivity contribution in [2.45, 2.75) is 6.54 Å². The summed E-state index contributed by atoms with van der Waals surface area (Å²) in [7, 11) is 0. The first-order valence-corrected chi connectivity index (χ1v) is 6.16. The number of benzene rings is 1. The number of halogens is 1. The Morgan fingerprint density at radius 2 is 2.24 bits per heavy atom. The third-order valence-electron chi connectivity index (χ3n) is 2.68. The molecule has 0 atom stereocenters. The minimum Gasteiger partial charge on any atom is -0.467 e. The zero-order valence-electron chi connectivity index (χ0n) is 10.6. The van der Waals surface area contributed by atoms with E-state index in [4.69, 9.17) is 21.9 Å². The van der Waals surface area contributed by atoms with Crippen molar-refractivity contribution in [3.63, 3.8) is 0 Å². The van der Waals surface area contributed by atoms with E-state index in [0.29, 0.717) is 5.76 Å². The summed E-state index contributed by atoms with van der Waals surface area (Å²) in [5, 5.41) is 13.5. The molecule has 9 heteroatoms. The van der Waals surface area contributed by atoms with Crippen LogP contribution in [0.15, 0.2) is 34.9 Å². The van der Waals surface area contributed by atoms with E-state index in [0.717, 1.165) is 6.07 Å². The fraction of sp³-hybridized carbons (Fsp3) is 0.0833. The molecule has 0 unspecified atom stereocenters. The number of rotatable bonds is 5. The van der Waals surface area contributed by atoms with Crippen molar-refractivity contribution in [3.05, 3.63) is 57.0 Å². The van der Waals surface area contributed by atoms with Crippen LogP contribution in [0.3, 0.4) is 0 Å². The van der Waals surface area contributed by atoms with Gasteiger partial charge in [-0.1, -0.05) is 11.6 Å². The predicted octanol–water partition coefficient (Wildman–Crippen LogP) is 2.06. The van der Waals surface area contributed by atoms with Gasteiger partial charge >= 0.3 is 0 Å². The number of hydrogen-bond donors (Lipinski definition) is 3. The van der Waals surface area contributed by atoms with Crippen LogP contribution >= 0.6 is 11.6 Å². The van der Waals surface area contributed by atoms with Gasteiger partial charge in [-0.05, 0) is 18.2 Å². The van der Waals surface area contributed by atoms with E-state index in [1.54, 1.807) is 12.1 Å². The second-order valence-corrected chi connectivity index (χ2v) is 4.42. The quantitative estimate of drug-likeness (QED) is 0.441. The summed E-state index contributed by atoms with van der Waals surface area (Å²) in [6.07, 6.45) is 1.48. The van der Waals surface area contributed by atoms with Crippen LogP contribution in [-0.4, -0.2) is 10.8 Å². The summed E-state index contributed by atoms with van der Waals surface area (Å²) in [5.41, 5.74) is 1.77. The average Bonchev–Trinajstić information content (AvgIpc) is 2.96. The van der Waals surface area contributed by atoms with Gasteiger partial charge in [0.15, 0.2) is 0 Å². The van der Waals surface area contributed by atoms with E-state index in [1.165, 1.54) is 12.3 Å². The Balaban J connectivity index is 2.23. The number of nitrogens with one attached hydrogen (secondary N) is 2. The number of hydrogen-bond acceptors (Lipinski definition) is 6. The van der Waals surface area contributed by atoms with Gasteiger partial charge in [-0.15, -0.1) is 0 Å². The molecule has 0 saturated carbocycles. The van der Waals surface area contributed by atoms with Gasteiger partial charge in [0, 0.05) is 11.6 Å². The van der Waals surface area contributed by atoms with E-state index in [-0.39, 0.29) is 28.5 Å². The molecular weight excluding hydrogens is 300 g/mol. The highest BCUT2D eigenvalue weighted by molar-refractivity contribution is 6.34. The van der Waals surface area contributed by atoms with E-state index in [1.807, 2.05) is 0 Å². The number of nitro benzene ring substituents is 1. The van der Waals surface area contributed by atoms with E-state index in [2.05, 4.69) is 10.7 Å². The second-order valence-electron chi connectivity index (χ2n) is 4.02. The molecule has 1 aromatic carbocycles. The molecule has 0 radical (unpaired) electrons. The largest absolute Gasteiger partial charge is 0.467 e. The number of nitrogens with two attached hydrogens (primary N) is 1. The van der Waals surface area contributed by atoms with Crippen molar-refractivity contribution in [1.82, 2.24) is 5.32 Å². The van der Waals surface area contributed by atoms with Crippen LogP contribution in [0.4, 0.5) is 11.4 Å². The summed E-state index contributed by atoms with van der Waals surface area (Å²) in [6, 6.07) is 5.77. The molecule has 1 amide bonds. The van der Waals surface area contributed by atoms with Crippen LogP contribution in [0.1, 0.15) is 16.1 Å². The lowest BCUT2D eigenvalue weighted by Gasteiger charge is -2.08. The average molecular weight is 311 g/mol. The number of nitrogens with zero attached hydrogens (tertiary/aromatic N) is 1. The fourth-order valence-electron chi connectivity index (χ4n) is 1.69. The third-order valence-corrected chi connectivity index (χ3v) is 2.97. The highest BCUT2D eigenvalue weighted by Crippen LogP contribution is 2.32. The van der Waals surface area contributed by atoms with E-state index >= 15 is 0 Å². The Kier molecular flexibility index (Phi) is 4.41. The SMILES string of the molecule is NNc1c(Cl)cc(C(=O)NCc2ccco2)cc1[N+](=O)[O-]. The molecule has 8 nitrogen and oxygen atoms in total. The summed E-state index contributed by atoms with van der Waals surface area (Å²) in [5.74, 6) is 5.23. The molecule has 0 aliphatic heterocycles. The maximum Gasteiger partial charge on any atom is 0.295 e. The topological polar surface area (TPSA) is 123 Å². The van der Waals surface area contributed by atoms with Gasteiger partial charge in [-0.25, -0.2) is 0 Å². The Bertz CT molecular complexity index is 672. The molecule has 2 rings (SSSR count). The van der Waals surface area contributed by atoms with Crippen LogP contribution in [0, 0.1) is 10.1 Å². The van der Waals surface area contributed by atoms with Gasteiger partial charge in [-0.2, -0.15) is 0 Å². The van der Waals surface area contributed by atoms with Crippen molar-refractivity contribution < 1.29 is 14.1 Å². The number of carbonyl (C=O) groups is 1. The van der Waals surface area contributed by atoms with Gasteiger partial charge in [-0.3, -0.25) is 20.8 Å². The van der Waals surface area contributed by atoms with Gasteiger partial charge in [0.2, 0.25) is 0 Å². The highest BCUT2D eigenvalue weighted by Gasteiger charge is 2.21. The number of carbonyl (C=O) groups excluding carboxylic acids is 1. The van der Waals surface area contributed by atoms with Crippen LogP contribution in [-0.2, 0) is 6.54 Å². The molecule has 4 N–H and O–H groups in total. The fourth-order valence-corrected chi connectivity index (χ4v) is 1.96. The monoisotopic (exact) mass is 310 g/mol. The van der Waals surface area contributed by atoms with Gasteiger partial charge in [0.1, 0.15) is 11.4 Å². The minimum absolute atomic E-state index is 0.0187. The number of hydrazine groups is 1.